The average molecular weight is 295 g/mol. The van der Waals surface area contributed by atoms with Crippen molar-refractivity contribution in [1.29, 1.82) is 0 Å². The predicted molar refractivity (Wildman–Crippen MR) is 89.0 cm³/mol. The number of hydrogen-bond donors (Lipinski definition) is 1. The maximum Gasteiger partial charge on any atom is 0.0335 e. The van der Waals surface area contributed by atoms with Crippen LogP contribution in [0.4, 0.5) is 0 Å². The van der Waals surface area contributed by atoms with Crippen LogP contribution >= 0.6 is 11.3 Å². The quantitative estimate of drug-likeness (QED) is 0.855. The molecular weight excluding hydrogens is 264 g/mol. The summed E-state index contributed by atoms with van der Waals surface area (Å²) in [5.41, 5.74) is 6.45. The van der Waals surface area contributed by atoms with E-state index in [9.17, 15) is 0 Å². The Kier molecular flexibility index (Phi) is 5.65. The lowest BCUT2D eigenvalue weighted by atomic mass is 9.72. The Bertz CT molecular complexity index is 388. The summed E-state index contributed by atoms with van der Waals surface area (Å²) in [4.78, 5) is 3.98. The molecule has 0 aliphatic heterocycles. The van der Waals surface area contributed by atoms with Crippen molar-refractivity contribution in [1.82, 2.24) is 4.90 Å². The van der Waals surface area contributed by atoms with E-state index in [4.69, 9.17) is 5.73 Å². The SMILES string of the molecule is CC(C)CC1CCCC(CN)(N(C)Cc2cccs2)C1. The van der Waals surface area contributed by atoms with Crippen molar-refractivity contribution in [3.8, 4) is 0 Å². The first-order chi connectivity index (χ1) is 9.55. The summed E-state index contributed by atoms with van der Waals surface area (Å²) in [6.07, 6.45) is 6.63. The molecule has 1 heterocycles. The largest absolute Gasteiger partial charge is 0.329 e. The van der Waals surface area contributed by atoms with Crippen LogP contribution in [0.15, 0.2) is 17.5 Å². The van der Waals surface area contributed by atoms with E-state index in [0.29, 0.717) is 0 Å². The minimum atomic E-state index is 0.224. The number of thiophene rings is 1. The van der Waals surface area contributed by atoms with Gasteiger partial charge in [0.1, 0.15) is 0 Å². The van der Waals surface area contributed by atoms with E-state index >= 15 is 0 Å². The van der Waals surface area contributed by atoms with Crippen LogP contribution in [0.5, 0.6) is 0 Å². The van der Waals surface area contributed by atoms with Crippen LogP contribution in [-0.2, 0) is 6.54 Å². The molecule has 0 saturated heterocycles. The van der Waals surface area contributed by atoms with Gasteiger partial charge < -0.3 is 5.73 Å². The van der Waals surface area contributed by atoms with Crippen molar-refractivity contribution < 1.29 is 0 Å². The molecule has 1 aromatic rings. The van der Waals surface area contributed by atoms with Gasteiger partial charge in [-0.3, -0.25) is 4.90 Å². The van der Waals surface area contributed by atoms with Gasteiger partial charge in [-0.05, 0) is 49.6 Å². The molecule has 1 aliphatic rings. The maximum atomic E-state index is 6.22. The number of nitrogens with zero attached hydrogens (tertiary/aromatic N) is 1. The molecule has 0 aromatic carbocycles. The van der Waals surface area contributed by atoms with Gasteiger partial charge in [-0.15, -0.1) is 11.3 Å². The van der Waals surface area contributed by atoms with Crippen LogP contribution < -0.4 is 5.73 Å². The predicted octanol–water partition coefficient (Wildman–Crippen LogP) is 4.11. The highest BCUT2D eigenvalue weighted by Gasteiger charge is 2.38. The zero-order chi connectivity index (χ0) is 14.6. The summed E-state index contributed by atoms with van der Waals surface area (Å²) in [6.45, 7) is 6.52. The topological polar surface area (TPSA) is 29.3 Å². The van der Waals surface area contributed by atoms with Crippen molar-refractivity contribution in [3.63, 3.8) is 0 Å². The molecular formula is C17H30N2S. The Balaban J connectivity index is 2.03. The number of hydrogen-bond acceptors (Lipinski definition) is 3. The zero-order valence-electron chi connectivity index (χ0n) is 13.3. The number of nitrogens with two attached hydrogens (primary N) is 1. The van der Waals surface area contributed by atoms with E-state index in [0.717, 1.165) is 24.9 Å². The standard InChI is InChI=1S/C17H30N2S/c1-14(2)10-15-6-4-8-17(11-15,13-18)19(3)12-16-7-5-9-20-16/h5,7,9,14-15H,4,6,8,10-13,18H2,1-3H3. The fraction of sp³-hybridized carbons (Fsp3) is 0.765. The van der Waals surface area contributed by atoms with Gasteiger partial charge in [0.25, 0.3) is 0 Å². The Hall–Kier alpha value is -0.380. The Morgan fingerprint density at radius 1 is 1.50 bits per heavy atom. The summed E-state index contributed by atoms with van der Waals surface area (Å²) >= 11 is 1.85. The fourth-order valence-electron chi connectivity index (χ4n) is 3.82. The van der Waals surface area contributed by atoms with Gasteiger partial charge in [0.15, 0.2) is 0 Å². The highest BCUT2D eigenvalue weighted by atomic mass is 32.1. The molecule has 2 rings (SSSR count). The molecule has 0 radical (unpaired) electrons. The Labute approximate surface area is 128 Å². The van der Waals surface area contributed by atoms with Crippen LogP contribution in [0, 0.1) is 11.8 Å². The minimum Gasteiger partial charge on any atom is -0.329 e. The summed E-state index contributed by atoms with van der Waals surface area (Å²) in [5.74, 6) is 1.66. The van der Waals surface area contributed by atoms with Crippen LogP contribution in [-0.4, -0.2) is 24.0 Å². The van der Waals surface area contributed by atoms with Crippen LogP contribution in [0.1, 0.15) is 50.8 Å². The smallest absolute Gasteiger partial charge is 0.0335 e. The van der Waals surface area contributed by atoms with E-state index in [1.807, 2.05) is 11.3 Å². The summed E-state index contributed by atoms with van der Waals surface area (Å²) in [6, 6.07) is 4.38. The lowest BCUT2D eigenvalue weighted by molar-refractivity contribution is 0.0469. The summed E-state index contributed by atoms with van der Waals surface area (Å²) in [5, 5.41) is 2.17. The molecule has 0 amide bonds. The first kappa shape index (κ1) is 16.0. The molecule has 20 heavy (non-hydrogen) atoms. The Morgan fingerprint density at radius 2 is 2.30 bits per heavy atom. The molecule has 1 aliphatic carbocycles. The monoisotopic (exact) mass is 294 g/mol. The molecule has 0 bridgehead atoms. The highest BCUT2D eigenvalue weighted by Crippen LogP contribution is 2.39. The first-order valence-electron chi connectivity index (χ1n) is 7.99. The second-order valence-electron chi connectivity index (χ2n) is 6.96. The average Bonchev–Trinajstić information content (AvgIpc) is 2.91. The molecule has 114 valence electrons. The van der Waals surface area contributed by atoms with E-state index in [2.05, 4.69) is 43.3 Å². The van der Waals surface area contributed by atoms with Crippen molar-refractivity contribution >= 4 is 11.3 Å². The van der Waals surface area contributed by atoms with Crippen LogP contribution in [0.3, 0.4) is 0 Å². The van der Waals surface area contributed by atoms with Crippen molar-refractivity contribution in [2.24, 2.45) is 17.6 Å². The third kappa shape index (κ3) is 3.84. The fourth-order valence-corrected chi connectivity index (χ4v) is 4.58. The van der Waals surface area contributed by atoms with Crippen molar-refractivity contribution in [2.75, 3.05) is 13.6 Å². The summed E-state index contributed by atoms with van der Waals surface area (Å²) in [7, 11) is 2.27. The van der Waals surface area contributed by atoms with Crippen molar-refractivity contribution in [2.45, 2.75) is 58.0 Å². The van der Waals surface area contributed by atoms with Gasteiger partial charge in [-0.2, -0.15) is 0 Å². The van der Waals surface area contributed by atoms with E-state index in [1.54, 1.807) is 0 Å². The van der Waals surface area contributed by atoms with E-state index < -0.39 is 0 Å². The third-order valence-electron chi connectivity index (χ3n) is 4.89. The van der Waals surface area contributed by atoms with Gasteiger partial charge in [-0.1, -0.05) is 32.8 Å². The molecule has 1 fully saturated rings. The van der Waals surface area contributed by atoms with Gasteiger partial charge in [0, 0.05) is 23.5 Å². The van der Waals surface area contributed by atoms with Gasteiger partial charge in [-0.25, -0.2) is 0 Å². The first-order valence-corrected chi connectivity index (χ1v) is 8.87. The molecule has 2 nitrogen and oxygen atoms in total. The molecule has 0 spiro atoms. The molecule has 1 aromatic heterocycles. The minimum absolute atomic E-state index is 0.224. The maximum absolute atomic E-state index is 6.22. The van der Waals surface area contributed by atoms with Crippen molar-refractivity contribution in [3.05, 3.63) is 22.4 Å². The van der Waals surface area contributed by atoms with Gasteiger partial charge in [0.2, 0.25) is 0 Å². The molecule has 1 saturated carbocycles. The number of rotatable bonds is 6. The number of likely N-dealkylation sites (N-methyl/N-ethyl adjacent to an activating group) is 1. The molecule has 2 atom stereocenters. The van der Waals surface area contributed by atoms with E-state index in [1.165, 1.54) is 37.0 Å². The molecule has 2 N–H and O–H groups in total. The van der Waals surface area contributed by atoms with E-state index in [-0.39, 0.29) is 5.54 Å². The molecule has 3 heteroatoms. The second kappa shape index (κ2) is 7.06. The van der Waals surface area contributed by atoms with Gasteiger partial charge >= 0.3 is 0 Å². The molecule has 2 unspecified atom stereocenters. The second-order valence-corrected chi connectivity index (χ2v) is 7.99. The van der Waals surface area contributed by atoms with Crippen LogP contribution in [0.25, 0.3) is 0 Å². The normalized spacial score (nSPS) is 27.4. The highest BCUT2D eigenvalue weighted by molar-refractivity contribution is 7.09. The Morgan fingerprint density at radius 3 is 2.90 bits per heavy atom. The van der Waals surface area contributed by atoms with Crippen LogP contribution in [0.2, 0.25) is 0 Å². The lowest BCUT2D eigenvalue weighted by Crippen LogP contribution is -2.54. The third-order valence-corrected chi connectivity index (χ3v) is 5.75. The van der Waals surface area contributed by atoms with Gasteiger partial charge in [0.05, 0.1) is 0 Å². The summed E-state index contributed by atoms with van der Waals surface area (Å²) < 4.78 is 0. The lowest BCUT2D eigenvalue weighted by Gasteiger charge is -2.47. The zero-order valence-corrected chi connectivity index (χ0v) is 14.1.